The molecule has 1 aliphatic carbocycles. The van der Waals surface area contributed by atoms with Gasteiger partial charge >= 0.3 is 0 Å². The molecule has 21 heavy (non-hydrogen) atoms. The van der Waals surface area contributed by atoms with Crippen LogP contribution in [0.5, 0.6) is 0 Å². The molecule has 2 aliphatic rings. The minimum atomic E-state index is 0.240. The van der Waals surface area contributed by atoms with Gasteiger partial charge in [-0.3, -0.25) is 4.79 Å². The number of amides is 1. The Labute approximate surface area is 125 Å². The molecule has 0 atom stereocenters. The van der Waals surface area contributed by atoms with E-state index in [-0.39, 0.29) is 17.9 Å². The van der Waals surface area contributed by atoms with Gasteiger partial charge in [0.05, 0.1) is 0 Å². The first-order chi connectivity index (χ1) is 10.3. The van der Waals surface area contributed by atoms with Gasteiger partial charge in [0.25, 0.3) is 0 Å². The van der Waals surface area contributed by atoms with Crippen molar-refractivity contribution in [3.05, 3.63) is 23.9 Å². The predicted molar refractivity (Wildman–Crippen MR) is 79.7 cm³/mol. The number of anilines is 1. The minimum Gasteiger partial charge on any atom is -0.356 e. The highest BCUT2D eigenvalue weighted by Gasteiger charge is 2.28. The molecule has 110 valence electrons. The van der Waals surface area contributed by atoms with Crippen LogP contribution in [0.2, 0.25) is 0 Å². The van der Waals surface area contributed by atoms with Crippen LogP contribution in [0.3, 0.4) is 0 Å². The van der Waals surface area contributed by atoms with E-state index in [0.717, 1.165) is 44.6 Å². The van der Waals surface area contributed by atoms with E-state index in [2.05, 4.69) is 21.3 Å². The standard InChI is InChI=1S/C16H20N4O/c17-11-14-5-2-6-15(18-14)20-9-7-13(8-10-20)19-16(21)12-3-1-4-12/h2,5-6,12-13H,1,3-4,7-10H2,(H,19,21). The third-order valence-electron chi connectivity index (χ3n) is 4.49. The third kappa shape index (κ3) is 3.15. The van der Waals surface area contributed by atoms with Gasteiger partial charge in [-0.1, -0.05) is 12.5 Å². The van der Waals surface area contributed by atoms with Crippen LogP contribution in [0.1, 0.15) is 37.8 Å². The van der Waals surface area contributed by atoms with E-state index in [1.54, 1.807) is 6.07 Å². The number of nitrogens with zero attached hydrogens (tertiary/aromatic N) is 3. The summed E-state index contributed by atoms with van der Waals surface area (Å²) in [6.07, 6.45) is 5.18. The van der Waals surface area contributed by atoms with Gasteiger partial charge in [-0.05, 0) is 37.8 Å². The van der Waals surface area contributed by atoms with Gasteiger partial charge in [-0.15, -0.1) is 0 Å². The highest BCUT2D eigenvalue weighted by atomic mass is 16.2. The molecule has 5 nitrogen and oxygen atoms in total. The lowest BCUT2D eigenvalue weighted by Gasteiger charge is -2.34. The number of hydrogen-bond donors (Lipinski definition) is 1. The SMILES string of the molecule is N#Cc1cccc(N2CCC(NC(=O)C3CCC3)CC2)n1. The number of nitrogens with one attached hydrogen (secondary N) is 1. The van der Waals surface area contributed by atoms with Crippen LogP contribution in [0.25, 0.3) is 0 Å². The third-order valence-corrected chi connectivity index (χ3v) is 4.49. The maximum absolute atomic E-state index is 12.0. The first-order valence-corrected chi connectivity index (χ1v) is 7.69. The number of nitriles is 1. The molecule has 1 aromatic heterocycles. The van der Waals surface area contributed by atoms with Crippen LogP contribution in [0, 0.1) is 17.2 Å². The number of aromatic nitrogens is 1. The van der Waals surface area contributed by atoms with Gasteiger partial charge in [-0.25, -0.2) is 4.98 Å². The Kier molecular flexibility index (Phi) is 4.05. The number of carbonyl (C=O) groups excluding carboxylic acids is 1. The van der Waals surface area contributed by atoms with Crippen LogP contribution in [0.15, 0.2) is 18.2 Å². The van der Waals surface area contributed by atoms with Gasteiger partial charge in [0.2, 0.25) is 5.91 Å². The van der Waals surface area contributed by atoms with Crippen LogP contribution in [0.4, 0.5) is 5.82 Å². The molecule has 0 spiro atoms. The predicted octanol–water partition coefficient (Wildman–Crippen LogP) is 1.84. The Morgan fingerprint density at radius 3 is 2.67 bits per heavy atom. The molecule has 2 heterocycles. The molecule has 1 aromatic rings. The summed E-state index contributed by atoms with van der Waals surface area (Å²) < 4.78 is 0. The zero-order valence-electron chi connectivity index (χ0n) is 12.1. The second-order valence-corrected chi connectivity index (χ2v) is 5.89. The first kappa shape index (κ1) is 13.9. The van der Waals surface area contributed by atoms with Crippen LogP contribution < -0.4 is 10.2 Å². The average Bonchev–Trinajstić information content (AvgIpc) is 2.46. The summed E-state index contributed by atoms with van der Waals surface area (Å²) in [6, 6.07) is 7.88. The first-order valence-electron chi connectivity index (χ1n) is 7.69. The van der Waals surface area contributed by atoms with Crippen molar-refractivity contribution < 1.29 is 4.79 Å². The molecule has 1 aliphatic heterocycles. The summed E-state index contributed by atoms with van der Waals surface area (Å²) in [5.74, 6) is 1.36. The molecular formula is C16H20N4O. The fourth-order valence-corrected chi connectivity index (χ4v) is 2.90. The van der Waals surface area contributed by atoms with Crippen molar-refractivity contribution in [2.24, 2.45) is 5.92 Å². The van der Waals surface area contributed by atoms with Crippen molar-refractivity contribution in [2.75, 3.05) is 18.0 Å². The van der Waals surface area contributed by atoms with E-state index < -0.39 is 0 Å². The summed E-state index contributed by atoms with van der Waals surface area (Å²) in [5.41, 5.74) is 0.452. The summed E-state index contributed by atoms with van der Waals surface area (Å²) in [6.45, 7) is 1.75. The lowest BCUT2D eigenvalue weighted by atomic mass is 9.84. The Bertz CT molecular complexity index is 554. The number of carbonyl (C=O) groups is 1. The molecule has 0 bridgehead atoms. The fourth-order valence-electron chi connectivity index (χ4n) is 2.90. The molecule has 5 heteroatoms. The number of pyridine rings is 1. The Morgan fingerprint density at radius 1 is 1.29 bits per heavy atom. The lowest BCUT2D eigenvalue weighted by molar-refractivity contribution is -0.128. The number of rotatable bonds is 3. The second kappa shape index (κ2) is 6.13. The molecule has 1 saturated heterocycles. The van der Waals surface area contributed by atoms with Crippen molar-refractivity contribution >= 4 is 11.7 Å². The van der Waals surface area contributed by atoms with Crippen molar-refractivity contribution in [3.63, 3.8) is 0 Å². The molecule has 1 amide bonds. The van der Waals surface area contributed by atoms with Crippen molar-refractivity contribution in [2.45, 2.75) is 38.1 Å². The lowest BCUT2D eigenvalue weighted by Crippen LogP contribution is -2.47. The normalized spacial score (nSPS) is 19.7. The molecule has 3 rings (SSSR count). The fraction of sp³-hybridized carbons (Fsp3) is 0.562. The van der Waals surface area contributed by atoms with Crippen LogP contribution in [-0.2, 0) is 4.79 Å². The monoisotopic (exact) mass is 284 g/mol. The smallest absolute Gasteiger partial charge is 0.223 e. The van der Waals surface area contributed by atoms with Crippen LogP contribution in [-0.4, -0.2) is 30.0 Å². The zero-order valence-corrected chi connectivity index (χ0v) is 12.1. The van der Waals surface area contributed by atoms with Crippen molar-refractivity contribution in [3.8, 4) is 6.07 Å². The maximum atomic E-state index is 12.0. The average molecular weight is 284 g/mol. The van der Waals surface area contributed by atoms with E-state index in [0.29, 0.717) is 5.69 Å². The summed E-state index contributed by atoms with van der Waals surface area (Å²) in [5, 5.41) is 12.1. The molecule has 1 saturated carbocycles. The maximum Gasteiger partial charge on any atom is 0.223 e. The quantitative estimate of drug-likeness (QED) is 0.919. The van der Waals surface area contributed by atoms with Crippen molar-refractivity contribution in [1.82, 2.24) is 10.3 Å². The van der Waals surface area contributed by atoms with Gasteiger partial charge in [0.15, 0.2) is 0 Å². The van der Waals surface area contributed by atoms with E-state index in [4.69, 9.17) is 5.26 Å². The number of piperidine rings is 1. The highest BCUT2D eigenvalue weighted by Crippen LogP contribution is 2.27. The highest BCUT2D eigenvalue weighted by molar-refractivity contribution is 5.79. The van der Waals surface area contributed by atoms with Gasteiger partial charge in [-0.2, -0.15) is 5.26 Å². The molecular weight excluding hydrogens is 264 g/mol. The largest absolute Gasteiger partial charge is 0.356 e. The molecule has 1 N–H and O–H groups in total. The van der Waals surface area contributed by atoms with Crippen LogP contribution >= 0.6 is 0 Å². The Balaban J connectivity index is 1.52. The molecule has 0 radical (unpaired) electrons. The summed E-state index contributed by atoms with van der Waals surface area (Å²) >= 11 is 0. The molecule has 2 fully saturated rings. The second-order valence-electron chi connectivity index (χ2n) is 5.89. The minimum absolute atomic E-state index is 0.240. The molecule has 0 aromatic carbocycles. The van der Waals surface area contributed by atoms with Gasteiger partial charge in [0.1, 0.15) is 17.6 Å². The van der Waals surface area contributed by atoms with E-state index in [1.165, 1.54) is 6.42 Å². The summed E-state index contributed by atoms with van der Waals surface area (Å²) in [7, 11) is 0. The topological polar surface area (TPSA) is 69.0 Å². The van der Waals surface area contributed by atoms with E-state index in [9.17, 15) is 4.79 Å². The van der Waals surface area contributed by atoms with Gasteiger partial charge in [0, 0.05) is 25.0 Å². The van der Waals surface area contributed by atoms with E-state index >= 15 is 0 Å². The Morgan fingerprint density at radius 2 is 2.05 bits per heavy atom. The van der Waals surface area contributed by atoms with E-state index in [1.807, 2.05) is 12.1 Å². The number of hydrogen-bond acceptors (Lipinski definition) is 4. The van der Waals surface area contributed by atoms with Crippen molar-refractivity contribution in [1.29, 1.82) is 5.26 Å². The molecule has 0 unspecified atom stereocenters. The Hall–Kier alpha value is -2.09. The summed E-state index contributed by atoms with van der Waals surface area (Å²) in [4.78, 5) is 18.5. The van der Waals surface area contributed by atoms with Gasteiger partial charge < -0.3 is 10.2 Å². The zero-order chi connectivity index (χ0) is 14.7.